The molecule has 0 bridgehead atoms. The number of nitriles is 1. The fourth-order valence-corrected chi connectivity index (χ4v) is 7.67. The Labute approximate surface area is 157 Å². The zero-order valence-corrected chi connectivity index (χ0v) is 16.4. The van der Waals surface area contributed by atoms with Gasteiger partial charge in [0.25, 0.3) is 0 Å². The highest BCUT2D eigenvalue weighted by Crippen LogP contribution is 2.66. The van der Waals surface area contributed by atoms with Gasteiger partial charge in [0.1, 0.15) is 5.78 Å². The lowest BCUT2D eigenvalue weighted by molar-refractivity contribution is -0.178. The van der Waals surface area contributed by atoms with Crippen molar-refractivity contribution in [3.8, 4) is 6.07 Å². The number of ketones is 1. The zero-order valence-electron chi connectivity index (χ0n) is 16.4. The monoisotopic (exact) mass is 359 g/mol. The number of nitrogens with zero attached hydrogens (tertiary/aromatic N) is 1. The molecule has 4 saturated carbocycles. The molecular formula is C22H33NO3. The van der Waals surface area contributed by atoms with Gasteiger partial charge in [0.2, 0.25) is 0 Å². The molecule has 0 aromatic heterocycles. The molecule has 4 fully saturated rings. The molecule has 4 rings (SSSR count). The van der Waals surface area contributed by atoms with Gasteiger partial charge in [-0.1, -0.05) is 13.8 Å². The summed E-state index contributed by atoms with van der Waals surface area (Å²) in [6.07, 6.45) is 5.83. The largest absolute Gasteiger partial charge is 0.390 e. The smallest absolute Gasteiger partial charge is 0.137 e. The van der Waals surface area contributed by atoms with Crippen LogP contribution in [0.15, 0.2) is 0 Å². The fraction of sp³-hybridized carbons (Fsp3) is 0.909. The second-order valence-electron chi connectivity index (χ2n) is 9.94. The standard InChI is InChI=1S/C22H33NO3/c1-4-26-19-11-22(3)13(9-17(19)24)5-7-15-16-8-6-14(12-23)21(16,2)10-18(25)20(15)22/h13-17,19-20,24H,4-11H2,1-3H3/t13-,14+,15-,16-,17-,19-,20+,21+,22-/m0/s1. The van der Waals surface area contributed by atoms with Crippen molar-refractivity contribution in [1.29, 1.82) is 5.26 Å². The minimum Gasteiger partial charge on any atom is -0.390 e. The molecule has 0 unspecified atom stereocenters. The third-order valence-electron chi connectivity index (χ3n) is 8.88. The molecule has 144 valence electrons. The Bertz CT molecular complexity index is 627. The molecule has 0 amide bonds. The summed E-state index contributed by atoms with van der Waals surface area (Å²) in [5, 5.41) is 20.1. The van der Waals surface area contributed by atoms with Crippen LogP contribution in [0.25, 0.3) is 0 Å². The maximum absolute atomic E-state index is 13.4. The summed E-state index contributed by atoms with van der Waals surface area (Å²) in [6.45, 7) is 7.08. The highest BCUT2D eigenvalue weighted by molar-refractivity contribution is 5.84. The summed E-state index contributed by atoms with van der Waals surface area (Å²) in [4.78, 5) is 13.4. The molecule has 4 nitrogen and oxygen atoms in total. The molecule has 0 heterocycles. The molecule has 0 radical (unpaired) electrons. The van der Waals surface area contributed by atoms with Crippen molar-refractivity contribution in [1.82, 2.24) is 0 Å². The maximum Gasteiger partial charge on any atom is 0.137 e. The number of aliphatic hydroxyl groups is 1. The molecular weight excluding hydrogens is 326 g/mol. The summed E-state index contributed by atoms with van der Waals surface area (Å²) < 4.78 is 5.86. The van der Waals surface area contributed by atoms with E-state index in [4.69, 9.17) is 4.74 Å². The first-order valence-corrected chi connectivity index (χ1v) is 10.6. The minimum atomic E-state index is -0.400. The highest BCUT2D eigenvalue weighted by Gasteiger charge is 2.64. The number of ether oxygens (including phenoxy) is 1. The predicted octanol–water partition coefficient (Wildman–Crippen LogP) is 3.72. The van der Waals surface area contributed by atoms with E-state index in [2.05, 4.69) is 19.9 Å². The first-order valence-electron chi connectivity index (χ1n) is 10.6. The molecule has 0 spiro atoms. The molecule has 0 aromatic rings. The van der Waals surface area contributed by atoms with Crippen LogP contribution in [0.3, 0.4) is 0 Å². The van der Waals surface area contributed by atoms with Gasteiger partial charge in [-0.2, -0.15) is 5.26 Å². The fourth-order valence-electron chi connectivity index (χ4n) is 7.67. The Kier molecular flexibility index (Phi) is 4.48. The van der Waals surface area contributed by atoms with Gasteiger partial charge in [0.05, 0.1) is 24.2 Å². The van der Waals surface area contributed by atoms with Crippen LogP contribution in [0.1, 0.15) is 65.7 Å². The van der Waals surface area contributed by atoms with Crippen LogP contribution in [0.2, 0.25) is 0 Å². The van der Waals surface area contributed by atoms with Gasteiger partial charge in [-0.3, -0.25) is 4.79 Å². The summed E-state index contributed by atoms with van der Waals surface area (Å²) >= 11 is 0. The van der Waals surface area contributed by atoms with Gasteiger partial charge in [-0.05, 0) is 74.0 Å². The van der Waals surface area contributed by atoms with Gasteiger partial charge in [0.15, 0.2) is 0 Å². The van der Waals surface area contributed by atoms with E-state index in [0.29, 0.717) is 36.6 Å². The van der Waals surface area contributed by atoms with E-state index < -0.39 is 6.10 Å². The number of aliphatic hydroxyl groups excluding tert-OH is 1. The lowest BCUT2D eigenvalue weighted by atomic mass is 9.44. The van der Waals surface area contributed by atoms with Crippen molar-refractivity contribution in [2.24, 2.45) is 40.4 Å². The van der Waals surface area contributed by atoms with Crippen LogP contribution < -0.4 is 0 Å². The van der Waals surface area contributed by atoms with E-state index in [1.54, 1.807) is 0 Å². The van der Waals surface area contributed by atoms with Crippen LogP contribution in [0.4, 0.5) is 0 Å². The zero-order chi connectivity index (χ0) is 18.7. The lowest BCUT2D eigenvalue weighted by Gasteiger charge is -2.60. The molecule has 4 aliphatic carbocycles. The molecule has 0 aliphatic heterocycles. The summed E-state index contributed by atoms with van der Waals surface area (Å²) in [6, 6.07) is 2.51. The first-order chi connectivity index (χ1) is 12.3. The summed E-state index contributed by atoms with van der Waals surface area (Å²) in [7, 11) is 0. The highest BCUT2D eigenvalue weighted by atomic mass is 16.5. The Balaban J connectivity index is 1.67. The number of hydrogen-bond donors (Lipinski definition) is 1. The minimum absolute atomic E-state index is 0.0345. The topological polar surface area (TPSA) is 70.3 Å². The average Bonchev–Trinajstić information content (AvgIpc) is 2.91. The Morgan fingerprint density at radius 3 is 2.69 bits per heavy atom. The van der Waals surface area contributed by atoms with Crippen LogP contribution in [-0.4, -0.2) is 29.7 Å². The number of Topliss-reactive ketones (excluding diaryl/α,β-unsaturated/α-hetero) is 1. The summed E-state index contributed by atoms with van der Waals surface area (Å²) in [5.41, 5.74) is -0.186. The number of fused-ring (bicyclic) bond motifs is 5. The Morgan fingerprint density at radius 1 is 1.23 bits per heavy atom. The van der Waals surface area contributed by atoms with Gasteiger partial charge in [-0.25, -0.2) is 0 Å². The van der Waals surface area contributed by atoms with Crippen molar-refractivity contribution in [2.45, 2.75) is 77.9 Å². The summed E-state index contributed by atoms with van der Waals surface area (Å²) in [5.74, 6) is 1.84. The van der Waals surface area contributed by atoms with Gasteiger partial charge < -0.3 is 9.84 Å². The van der Waals surface area contributed by atoms with Gasteiger partial charge in [0, 0.05) is 18.9 Å². The van der Waals surface area contributed by atoms with Crippen LogP contribution in [0.5, 0.6) is 0 Å². The van der Waals surface area contributed by atoms with Crippen LogP contribution >= 0.6 is 0 Å². The normalized spacial score (nSPS) is 53.3. The second kappa shape index (κ2) is 6.31. The average molecular weight is 360 g/mol. The lowest BCUT2D eigenvalue weighted by Crippen LogP contribution is -2.60. The Morgan fingerprint density at radius 2 is 2.00 bits per heavy atom. The number of hydrogen-bond acceptors (Lipinski definition) is 4. The van der Waals surface area contributed by atoms with Crippen LogP contribution in [0, 0.1) is 51.8 Å². The molecule has 0 aromatic carbocycles. The SMILES string of the molecule is CCO[C@H]1C[C@@]2(C)[C@@H](CC[C@H]3[C@@H]4CC[C@H](C#N)[C@@]4(C)CC(=O)[C@@H]32)C[C@@H]1O. The van der Waals surface area contributed by atoms with E-state index in [9.17, 15) is 15.2 Å². The third kappa shape index (κ3) is 2.43. The molecule has 4 heteroatoms. The Hall–Kier alpha value is -0.920. The van der Waals surface area contributed by atoms with E-state index in [1.807, 2.05) is 6.92 Å². The second-order valence-corrected chi connectivity index (χ2v) is 9.94. The van der Waals surface area contributed by atoms with Crippen molar-refractivity contribution in [3.05, 3.63) is 0 Å². The number of carbonyl (C=O) groups excluding carboxylic acids is 1. The van der Waals surface area contributed by atoms with Gasteiger partial charge >= 0.3 is 0 Å². The van der Waals surface area contributed by atoms with Crippen molar-refractivity contribution in [3.63, 3.8) is 0 Å². The third-order valence-corrected chi connectivity index (χ3v) is 8.88. The molecule has 0 saturated heterocycles. The van der Waals surface area contributed by atoms with Gasteiger partial charge in [-0.15, -0.1) is 0 Å². The molecule has 1 N–H and O–H groups in total. The van der Waals surface area contributed by atoms with E-state index in [1.165, 1.54) is 0 Å². The number of carbonyl (C=O) groups is 1. The van der Waals surface area contributed by atoms with Crippen molar-refractivity contribution >= 4 is 5.78 Å². The quantitative estimate of drug-likeness (QED) is 0.816. The van der Waals surface area contributed by atoms with Crippen LogP contribution in [-0.2, 0) is 9.53 Å². The molecule has 4 aliphatic rings. The first kappa shape index (κ1) is 18.4. The van der Waals surface area contributed by atoms with Crippen molar-refractivity contribution in [2.75, 3.05) is 6.61 Å². The predicted molar refractivity (Wildman–Crippen MR) is 98.0 cm³/mol. The number of rotatable bonds is 2. The van der Waals surface area contributed by atoms with Crippen molar-refractivity contribution < 1.29 is 14.6 Å². The van der Waals surface area contributed by atoms with E-state index in [-0.39, 0.29) is 28.8 Å². The van der Waals surface area contributed by atoms with E-state index >= 15 is 0 Å². The maximum atomic E-state index is 13.4. The molecule has 26 heavy (non-hydrogen) atoms. The van der Waals surface area contributed by atoms with E-state index in [0.717, 1.165) is 38.5 Å². The molecule has 9 atom stereocenters.